The fourth-order valence-corrected chi connectivity index (χ4v) is 2.55. The van der Waals surface area contributed by atoms with Crippen LogP contribution in [0.25, 0.3) is 0 Å². The summed E-state index contributed by atoms with van der Waals surface area (Å²) in [4.78, 5) is 23.4. The van der Waals surface area contributed by atoms with Crippen LogP contribution in [0.15, 0.2) is 46.9 Å². The Morgan fingerprint density at radius 1 is 1.04 bits per heavy atom. The van der Waals surface area contributed by atoms with Gasteiger partial charge in [-0.2, -0.15) is 0 Å². The van der Waals surface area contributed by atoms with Crippen LogP contribution in [0.1, 0.15) is 31.1 Å². The number of nitrogens with one attached hydrogen (secondary N) is 2. The molecular weight excluding hydrogens is 384 g/mol. The molecule has 0 atom stereocenters. The van der Waals surface area contributed by atoms with Gasteiger partial charge in [0.2, 0.25) is 5.91 Å². The van der Waals surface area contributed by atoms with Crippen LogP contribution >= 0.6 is 15.9 Å². The molecule has 0 aliphatic rings. The van der Waals surface area contributed by atoms with Gasteiger partial charge >= 0.3 is 0 Å². The minimum Gasteiger partial charge on any atom is -0.492 e. The molecule has 0 aliphatic carbocycles. The van der Waals surface area contributed by atoms with E-state index in [2.05, 4.69) is 40.4 Å². The van der Waals surface area contributed by atoms with Crippen LogP contribution in [-0.2, 0) is 4.79 Å². The highest BCUT2D eigenvalue weighted by Crippen LogP contribution is 2.27. The maximum atomic E-state index is 12.4. The van der Waals surface area contributed by atoms with E-state index in [1.165, 1.54) is 6.92 Å². The number of hydrogen-bond donors (Lipinski definition) is 2. The monoisotopic (exact) mass is 404 g/mol. The molecule has 0 aliphatic heterocycles. The first kappa shape index (κ1) is 19.0. The van der Waals surface area contributed by atoms with Gasteiger partial charge in [0, 0.05) is 23.9 Å². The molecule has 2 aromatic rings. The minimum atomic E-state index is -0.219. The van der Waals surface area contributed by atoms with E-state index >= 15 is 0 Å². The van der Waals surface area contributed by atoms with Crippen LogP contribution in [0.5, 0.6) is 5.75 Å². The SMILES string of the molecule is CC(=O)Nc1ccc(NC(=O)c2ccc(OCC(C)C)c(Br)c2)cc1. The lowest BCUT2D eigenvalue weighted by atomic mass is 10.2. The average molecular weight is 405 g/mol. The molecule has 0 heterocycles. The van der Waals surface area contributed by atoms with Crippen molar-refractivity contribution in [1.82, 2.24) is 0 Å². The lowest BCUT2D eigenvalue weighted by Crippen LogP contribution is -2.12. The third-order valence-electron chi connectivity index (χ3n) is 3.23. The predicted molar refractivity (Wildman–Crippen MR) is 103 cm³/mol. The zero-order chi connectivity index (χ0) is 18.4. The van der Waals surface area contributed by atoms with Crippen molar-refractivity contribution >= 4 is 39.1 Å². The van der Waals surface area contributed by atoms with Crippen molar-refractivity contribution in [3.63, 3.8) is 0 Å². The molecule has 132 valence electrons. The van der Waals surface area contributed by atoms with Crippen LogP contribution in [0.2, 0.25) is 0 Å². The van der Waals surface area contributed by atoms with E-state index in [1.807, 2.05) is 0 Å². The highest BCUT2D eigenvalue weighted by molar-refractivity contribution is 9.10. The second kappa shape index (κ2) is 8.67. The fourth-order valence-electron chi connectivity index (χ4n) is 2.06. The van der Waals surface area contributed by atoms with E-state index in [0.717, 1.165) is 4.47 Å². The van der Waals surface area contributed by atoms with E-state index in [9.17, 15) is 9.59 Å². The summed E-state index contributed by atoms with van der Waals surface area (Å²) in [6.07, 6.45) is 0. The van der Waals surface area contributed by atoms with Gasteiger partial charge in [0.05, 0.1) is 11.1 Å². The molecule has 2 N–H and O–H groups in total. The number of amides is 2. The molecule has 2 rings (SSSR count). The van der Waals surface area contributed by atoms with Gasteiger partial charge in [-0.1, -0.05) is 13.8 Å². The molecule has 2 aromatic carbocycles. The number of carbonyl (C=O) groups is 2. The maximum Gasteiger partial charge on any atom is 0.255 e. The standard InChI is InChI=1S/C19H21BrN2O3/c1-12(2)11-25-18-9-4-14(10-17(18)20)19(24)22-16-7-5-15(6-8-16)21-13(3)23/h4-10,12H,11H2,1-3H3,(H,21,23)(H,22,24). The van der Waals surface area contributed by atoms with E-state index in [1.54, 1.807) is 42.5 Å². The van der Waals surface area contributed by atoms with Crippen LogP contribution < -0.4 is 15.4 Å². The second-order valence-electron chi connectivity index (χ2n) is 6.06. The topological polar surface area (TPSA) is 67.4 Å². The van der Waals surface area contributed by atoms with Crippen molar-refractivity contribution in [2.24, 2.45) is 5.92 Å². The van der Waals surface area contributed by atoms with Crippen LogP contribution in [-0.4, -0.2) is 18.4 Å². The molecule has 0 fully saturated rings. The Hall–Kier alpha value is -2.34. The van der Waals surface area contributed by atoms with Crippen LogP contribution in [0.4, 0.5) is 11.4 Å². The lowest BCUT2D eigenvalue weighted by molar-refractivity contribution is -0.114. The molecule has 0 bridgehead atoms. The Morgan fingerprint density at radius 2 is 1.64 bits per heavy atom. The molecule has 5 nitrogen and oxygen atoms in total. The highest BCUT2D eigenvalue weighted by atomic mass is 79.9. The number of hydrogen-bond acceptors (Lipinski definition) is 3. The van der Waals surface area contributed by atoms with Gasteiger partial charge in [0.25, 0.3) is 5.91 Å². The zero-order valence-electron chi connectivity index (χ0n) is 14.4. The Bertz CT molecular complexity index is 758. The van der Waals surface area contributed by atoms with Crippen LogP contribution in [0, 0.1) is 5.92 Å². The van der Waals surface area contributed by atoms with Gasteiger partial charge in [-0.05, 0) is 64.3 Å². The summed E-state index contributed by atoms with van der Waals surface area (Å²) in [7, 11) is 0. The summed E-state index contributed by atoms with van der Waals surface area (Å²) >= 11 is 3.44. The second-order valence-corrected chi connectivity index (χ2v) is 6.92. The van der Waals surface area contributed by atoms with Crippen molar-refractivity contribution in [3.05, 3.63) is 52.5 Å². The Kier molecular flexibility index (Phi) is 6.58. The first-order valence-corrected chi connectivity index (χ1v) is 8.76. The predicted octanol–water partition coefficient (Wildman–Crippen LogP) is 4.69. The molecule has 0 radical (unpaired) electrons. The summed E-state index contributed by atoms with van der Waals surface area (Å²) in [6.45, 7) is 6.22. The number of anilines is 2. The lowest BCUT2D eigenvalue weighted by Gasteiger charge is -2.12. The Morgan fingerprint density at radius 3 is 2.16 bits per heavy atom. The molecule has 0 saturated carbocycles. The highest BCUT2D eigenvalue weighted by Gasteiger charge is 2.10. The smallest absolute Gasteiger partial charge is 0.255 e. The molecule has 25 heavy (non-hydrogen) atoms. The summed E-state index contributed by atoms with van der Waals surface area (Å²) in [5.74, 6) is 0.782. The summed E-state index contributed by atoms with van der Waals surface area (Å²) in [5.41, 5.74) is 1.85. The number of rotatable bonds is 6. The maximum absolute atomic E-state index is 12.4. The van der Waals surface area contributed by atoms with Gasteiger partial charge in [-0.15, -0.1) is 0 Å². The zero-order valence-corrected chi connectivity index (χ0v) is 16.0. The van der Waals surface area contributed by atoms with Gasteiger partial charge in [0.1, 0.15) is 5.75 Å². The molecular formula is C19H21BrN2O3. The molecule has 0 spiro atoms. The fraction of sp³-hybridized carbons (Fsp3) is 0.263. The van der Waals surface area contributed by atoms with E-state index < -0.39 is 0 Å². The molecule has 0 aromatic heterocycles. The van der Waals surface area contributed by atoms with Gasteiger partial charge in [-0.3, -0.25) is 9.59 Å². The number of benzene rings is 2. The van der Waals surface area contributed by atoms with Gasteiger partial charge < -0.3 is 15.4 Å². The number of halogens is 1. The summed E-state index contributed by atoms with van der Waals surface area (Å²) in [6, 6.07) is 12.2. The quantitative estimate of drug-likeness (QED) is 0.733. The van der Waals surface area contributed by atoms with Crippen LogP contribution in [0.3, 0.4) is 0 Å². The third kappa shape index (κ3) is 5.90. The molecule has 6 heteroatoms. The molecule has 2 amide bonds. The van der Waals surface area contributed by atoms with Crippen molar-refractivity contribution in [2.75, 3.05) is 17.2 Å². The minimum absolute atomic E-state index is 0.138. The van der Waals surface area contributed by atoms with Crippen molar-refractivity contribution in [1.29, 1.82) is 0 Å². The van der Waals surface area contributed by atoms with E-state index in [0.29, 0.717) is 35.2 Å². The average Bonchev–Trinajstić information content (AvgIpc) is 2.54. The van der Waals surface area contributed by atoms with Gasteiger partial charge in [-0.25, -0.2) is 0 Å². The third-order valence-corrected chi connectivity index (χ3v) is 3.85. The van der Waals surface area contributed by atoms with Gasteiger partial charge in [0.15, 0.2) is 0 Å². The first-order valence-electron chi connectivity index (χ1n) is 7.96. The number of ether oxygens (including phenoxy) is 1. The van der Waals surface area contributed by atoms with Crippen molar-refractivity contribution in [3.8, 4) is 5.75 Å². The molecule has 0 unspecified atom stereocenters. The van der Waals surface area contributed by atoms with E-state index in [4.69, 9.17) is 4.74 Å². The van der Waals surface area contributed by atoms with E-state index in [-0.39, 0.29) is 11.8 Å². The Balaban J connectivity index is 2.02. The summed E-state index contributed by atoms with van der Waals surface area (Å²) in [5, 5.41) is 5.50. The largest absolute Gasteiger partial charge is 0.492 e. The van der Waals surface area contributed by atoms with Crippen molar-refractivity contribution < 1.29 is 14.3 Å². The summed E-state index contributed by atoms with van der Waals surface area (Å²) < 4.78 is 6.42. The number of carbonyl (C=O) groups excluding carboxylic acids is 2. The van der Waals surface area contributed by atoms with Crippen molar-refractivity contribution in [2.45, 2.75) is 20.8 Å². The molecule has 0 saturated heterocycles. The Labute approximate surface area is 155 Å². The first-order chi connectivity index (χ1) is 11.8. The normalized spacial score (nSPS) is 10.4.